The highest BCUT2D eigenvalue weighted by atomic mass is 32.2. The van der Waals surface area contributed by atoms with Crippen LogP contribution in [0.3, 0.4) is 0 Å². The molecule has 5 rings (SSSR count). The summed E-state index contributed by atoms with van der Waals surface area (Å²) in [6.45, 7) is 4.08. The number of allylic oxidation sites excluding steroid dienone is 2. The minimum Gasteiger partial charge on any atom is -0.488 e. The van der Waals surface area contributed by atoms with Gasteiger partial charge in [0.05, 0.1) is 0 Å². The normalized spacial score (nSPS) is 29.0. The molecule has 0 unspecified atom stereocenters. The molecule has 29 heavy (non-hydrogen) atoms. The molecule has 5 nitrogen and oxygen atoms in total. The number of carbonyl (C=O) groups is 1. The van der Waals surface area contributed by atoms with E-state index in [1.165, 1.54) is 0 Å². The second kappa shape index (κ2) is 6.20. The summed E-state index contributed by atoms with van der Waals surface area (Å²) in [6, 6.07) is 16.4. The number of fused-ring (bicyclic) bond motifs is 4. The number of ketones is 1. The molecule has 0 spiro atoms. The second-order valence-electron chi connectivity index (χ2n) is 8.78. The Labute approximate surface area is 170 Å². The Morgan fingerprint density at radius 3 is 2.41 bits per heavy atom. The summed E-state index contributed by atoms with van der Waals surface area (Å²) in [6.07, 6.45) is 0.237. The lowest BCUT2D eigenvalue weighted by Crippen LogP contribution is -2.47. The average molecular weight is 410 g/mol. The fourth-order valence-electron chi connectivity index (χ4n) is 4.83. The maximum absolute atomic E-state index is 13.2. The fraction of sp³-hybridized carbons (Fsp3) is 0.348. The Bertz CT molecular complexity index is 1130. The van der Waals surface area contributed by atoms with Crippen LogP contribution in [0, 0.1) is 5.41 Å². The van der Waals surface area contributed by atoms with Crippen LogP contribution in [0.4, 0.5) is 0 Å². The highest BCUT2D eigenvalue weighted by molar-refractivity contribution is 7.87. The van der Waals surface area contributed by atoms with E-state index in [-0.39, 0.29) is 11.2 Å². The summed E-state index contributed by atoms with van der Waals surface area (Å²) in [5, 5.41) is -1.01. The third-order valence-electron chi connectivity index (χ3n) is 6.01. The van der Waals surface area contributed by atoms with Crippen molar-refractivity contribution < 1.29 is 22.1 Å². The molecule has 0 saturated heterocycles. The van der Waals surface area contributed by atoms with Crippen LogP contribution >= 0.6 is 0 Å². The van der Waals surface area contributed by atoms with Gasteiger partial charge >= 0.3 is 10.1 Å². The second-order valence-corrected chi connectivity index (χ2v) is 10.5. The maximum Gasteiger partial charge on any atom is 0.317 e. The van der Waals surface area contributed by atoms with Gasteiger partial charge in [-0.15, -0.1) is 0 Å². The molecule has 0 aromatic heterocycles. The minimum absolute atomic E-state index is 0.0373. The van der Waals surface area contributed by atoms with Crippen LogP contribution < -0.4 is 4.18 Å². The van der Waals surface area contributed by atoms with Crippen LogP contribution in [-0.4, -0.2) is 19.5 Å². The minimum atomic E-state index is -4.01. The van der Waals surface area contributed by atoms with Crippen LogP contribution in [0.2, 0.25) is 0 Å². The first-order chi connectivity index (χ1) is 13.8. The van der Waals surface area contributed by atoms with E-state index in [1.54, 1.807) is 12.1 Å². The van der Waals surface area contributed by atoms with E-state index in [4.69, 9.17) is 8.92 Å². The molecule has 2 aromatic rings. The van der Waals surface area contributed by atoms with Gasteiger partial charge in [-0.1, -0.05) is 62.4 Å². The lowest BCUT2D eigenvalue weighted by molar-refractivity contribution is -0.120. The van der Waals surface area contributed by atoms with Gasteiger partial charge in [0.2, 0.25) is 0 Å². The van der Waals surface area contributed by atoms with Gasteiger partial charge in [0.1, 0.15) is 22.9 Å². The molecule has 3 atom stereocenters. The average Bonchev–Trinajstić information content (AvgIpc) is 2.66. The van der Waals surface area contributed by atoms with E-state index in [0.717, 1.165) is 11.1 Å². The zero-order valence-electron chi connectivity index (χ0n) is 16.3. The highest BCUT2D eigenvalue weighted by Gasteiger charge is 2.56. The van der Waals surface area contributed by atoms with Crippen LogP contribution in [0.5, 0.6) is 5.75 Å². The Morgan fingerprint density at radius 1 is 0.966 bits per heavy atom. The molecule has 1 aliphatic carbocycles. The quantitative estimate of drug-likeness (QED) is 0.657. The number of hydrogen-bond acceptors (Lipinski definition) is 5. The summed E-state index contributed by atoms with van der Waals surface area (Å²) < 4.78 is 38.2. The molecule has 150 valence electrons. The standard InChI is InChI=1S/C23H22O5S/c1-23(2)12-16(24)20-18(13-23)27-21(14-8-4-3-5-9-14)22-19(20)15-10-6-7-11-17(15)28-29(22,25)26/h3-11,19,21-22H,12-13H2,1-2H3/t19-,21+,22-/m1/s1. The first-order valence-corrected chi connectivity index (χ1v) is 11.2. The lowest BCUT2D eigenvalue weighted by Gasteiger charge is -2.46. The number of Topliss-reactive ketones (excluding diaryl/α,β-unsaturated/α-hetero) is 1. The van der Waals surface area contributed by atoms with Crippen molar-refractivity contribution in [2.24, 2.45) is 5.41 Å². The molecular weight excluding hydrogens is 388 g/mol. The first-order valence-electron chi connectivity index (χ1n) is 9.77. The molecule has 0 saturated carbocycles. The van der Waals surface area contributed by atoms with Gasteiger partial charge in [0, 0.05) is 29.9 Å². The van der Waals surface area contributed by atoms with Crippen molar-refractivity contribution in [1.29, 1.82) is 0 Å². The maximum atomic E-state index is 13.2. The van der Waals surface area contributed by atoms with Crippen molar-refractivity contribution >= 4 is 15.9 Å². The first kappa shape index (κ1) is 18.4. The van der Waals surface area contributed by atoms with Crippen LogP contribution in [-0.2, 0) is 19.6 Å². The highest BCUT2D eigenvalue weighted by Crippen LogP contribution is 2.55. The number of hydrogen-bond donors (Lipinski definition) is 0. The molecule has 0 N–H and O–H groups in total. The molecular formula is C23H22O5S. The van der Waals surface area contributed by atoms with E-state index in [9.17, 15) is 13.2 Å². The topological polar surface area (TPSA) is 69.7 Å². The Hall–Kier alpha value is -2.60. The fourth-order valence-corrected chi connectivity index (χ4v) is 6.48. The number of carbonyl (C=O) groups excluding carboxylic acids is 1. The monoisotopic (exact) mass is 410 g/mol. The Balaban J connectivity index is 1.78. The number of benzene rings is 2. The van der Waals surface area contributed by atoms with Crippen molar-refractivity contribution in [2.45, 2.75) is 44.0 Å². The molecule has 2 heterocycles. The van der Waals surface area contributed by atoms with Gasteiger partial charge in [-0.25, -0.2) is 0 Å². The zero-order valence-corrected chi connectivity index (χ0v) is 17.1. The summed E-state index contributed by atoms with van der Waals surface area (Å²) in [7, 11) is -4.01. The van der Waals surface area contributed by atoms with E-state index in [1.807, 2.05) is 56.3 Å². The summed E-state index contributed by atoms with van der Waals surface area (Å²) >= 11 is 0. The van der Waals surface area contributed by atoms with Crippen molar-refractivity contribution in [1.82, 2.24) is 0 Å². The third kappa shape index (κ3) is 2.89. The molecule has 6 heteroatoms. The summed E-state index contributed by atoms with van der Waals surface area (Å²) in [5.74, 6) is 0.285. The number of para-hydroxylation sites is 1. The smallest absolute Gasteiger partial charge is 0.317 e. The predicted molar refractivity (Wildman–Crippen MR) is 108 cm³/mol. The van der Waals surface area contributed by atoms with E-state index < -0.39 is 27.4 Å². The number of rotatable bonds is 1. The predicted octanol–water partition coefficient (Wildman–Crippen LogP) is 4.28. The number of ether oxygens (including phenoxy) is 1. The van der Waals surface area contributed by atoms with E-state index in [0.29, 0.717) is 29.9 Å². The van der Waals surface area contributed by atoms with Crippen molar-refractivity contribution in [3.8, 4) is 5.75 Å². The molecule has 0 fully saturated rings. The Kier molecular flexibility index (Phi) is 3.94. The zero-order chi connectivity index (χ0) is 20.4. The van der Waals surface area contributed by atoms with Gasteiger partial charge in [0.25, 0.3) is 0 Å². The van der Waals surface area contributed by atoms with Gasteiger partial charge < -0.3 is 8.92 Å². The SMILES string of the molecule is CC1(C)CC(=O)C2=C(C1)O[C@@H](c1ccccc1)[C@H]1[C@@H]2c2ccccc2OS1(=O)=O. The molecule has 3 aliphatic rings. The van der Waals surface area contributed by atoms with Crippen molar-refractivity contribution in [3.05, 3.63) is 77.1 Å². The van der Waals surface area contributed by atoms with Crippen LogP contribution in [0.15, 0.2) is 65.9 Å². The van der Waals surface area contributed by atoms with E-state index >= 15 is 0 Å². The largest absolute Gasteiger partial charge is 0.488 e. The Morgan fingerprint density at radius 2 is 1.66 bits per heavy atom. The van der Waals surface area contributed by atoms with Gasteiger partial charge in [-0.05, 0) is 17.0 Å². The van der Waals surface area contributed by atoms with Gasteiger partial charge in [-0.3, -0.25) is 4.79 Å². The van der Waals surface area contributed by atoms with Gasteiger partial charge in [-0.2, -0.15) is 8.42 Å². The van der Waals surface area contributed by atoms with E-state index in [2.05, 4.69) is 0 Å². The molecule has 0 amide bonds. The van der Waals surface area contributed by atoms with Crippen LogP contribution in [0.1, 0.15) is 49.8 Å². The van der Waals surface area contributed by atoms with Crippen molar-refractivity contribution in [3.63, 3.8) is 0 Å². The molecule has 0 radical (unpaired) electrons. The van der Waals surface area contributed by atoms with Crippen LogP contribution in [0.25, 0.3) is 0 Å². The van der Waals surface area contributed by atoms with Crippen molar-refractivity contribution in [2.75, 3.05) is 0 Å². The third-order valence-corrected chi connectivity index (χ3v) is 7.61. The van der Waals surface area contributed by atoms with Gasteiger partial charge in [0.15, 0.2) is 5.78 Å². The molecule has 0 bridgehead atoms. The summed E-state index contributed by atoms with van der Waals surface area (Å²) in [5.41, 5.74) is 1.77. The lowest BCUT2D eigenvalue weighted by atomic mass is 9.69. The molecule has 2 aliphatic heterocycles. The summed E-state index contributed by atoms with van der Waals surface area (Å²) in [4.78, 5) is 13.2. The molecule has 2 aromatic carbocycles.